The minimum atomic E-state index is 0.394. The molecule has 1 saturated heterocycles. The van der Waals surface area contributed by atoms with Crippen LogP contribution in [0.1, 0.15) is 25.3 Å². The maximum absolute atomic E-state index is 9.98. The Morgan fingerprint density at radius 1 is 1.18 bits per heavy atom. The summed E-state index contributed by atoms with van der Waals surface area (Å²) >= 11 is 3.41. The molecule has 0 bridgehead atoms. The van der Waals surface area contributed by atoms with Crippen LogP contribution in [-0.4, -0.2) is 23.4 Å². The Labute approximate surface area is 174 Å². The molecule has 1 aromatic carbocycles. The molecule has 142 valence electrons. The predicted molar refractivity (Wildman–Crippen MR) is 117 cm³/mol. The number of thiophene rings is 1. The van der Waals surface area contributed by atoms with Crippen molar-refractivity contribution in [2.75, 3.05) is 13.2 Å². The quantitative estimate of drug-likeness (QED) is 0.469. The standard InChI is InChI=1S/C23H22N2OS2/c1-16(17-9-11-26-12-10-17)28-23-20(15-24)19(18-6-3-2-4-7-18)14-21(25-23)22-8-5-13-27-22/h2-8,13-14,16-17H,9-12H2,1H3. The molecule has 28 heavy (non-hydrogen) atoms. The van der Waals surface area contributed by atoms with E-state index in [1.165, 1.54) is 0 Å². The van der Waals surface area contributed by atoms with Crippen molar-refractivity contribution in [3.63, 3.8) is 0 Å². The van der Waals surface area contributed by atoms with Crippen LogP contribution in [0, 0.1) is 17.2 Å². The average molecular weight is 407 g/mol. The van der Waals surface area contributed by atoms with Gasteiger partial charge in [-0.1, -0.05) is 43.3 Å². The Morgan fingerprint density at radius 3 is 2.64 bits per heavy atom. The first-order valence-electron chi connectivity index (χ1n) is 9.55. The summed E-state index contributed by atoms with van der Waals surface area (Å²) in [7, 11) is 0. The van der Waals surface area contributed by atoms with Gasteiger partial charge in [0.1, 0.15) is 11.1 Å². The first-order chi connectivity index (χ1) is 13.8. The SMILES string of the molecule is CC(Sc1nc(-c2cccs2)cc(-c2ccccc2)c1C#N)C1CCOCC1. The van der Waals surface area contributed by atoms with E-state index in [9.17, 15) is 5.26 Å². The van der Waals surface area contributed by atoms with Gasteiger partial charge in [0.2, 0.25) is 0 Å². The summed E-state index contributed by atoms with van der Waals surface area (Å²) in [5.74, 6) is 0.595. The highest BCUT2D eigenvalue weighted by Gasteiger charge is 2.24. The van der Waals surface area contributed by atoms with Crippen molar-refractivity contribution in [2.24, 2.45) is 5.92 Å². The molecule has 1 unspecified atom stereocenters. The maximum Gasteiger partial charge on any atom is 0.115 e. The van der Waals surface area contributed by atoms with E-state index in [1.807, 2.05) is 24.3 Å². The summed E-state index contributed by atoms with van der Waals surface area (Å²) < 4.78 is 5.51. The zero-order valence-electron chi connectivity index (χ0n) is 15.8. The van der Waals surface area contributed by atoms with Gasteiger partial charge in [0.25, 0.3) is 0 Å². The lowest BCUT2D eigenvalue weighted by Gasteiger charge is -2.27. The van der Waals surface area contributed by atoms with Crippen molar-refractivity contribution in [3.8, 4) is 27.8 Å². The van der Waals surface area contributed by atoms with Crippen LogP contribution < -0.4 is 0 Å². The lowest BCUT2D eigenvalue weighted by molar-refractivity contribution is 0.0669. The molecule has 0 spiro atoms. The Morgan fingerprint density at radius 2 is 1.96 bits per heavy atom. The second-order valence-corrected chi connectivity index (χ2v) is 9.28. The van der Waals surface area contributed by atoms with E-state index in [0.29, 0.717) is 16.7 Å². The number of hydrogen-bond donors (Lipinski definition) is 0. The van der Waals surface area contributed by atoms with Crippen LogP contribution in [0.3, 0.4) is 0 Å². The zero-order chi connectivity index (χ0) is 19.3. The van der Waals surface area contributed by atoms with Crippen molar-refractivity contribution in [3.05, 3.63) is 59.5 Å². The molecular weight excluding hydrogens is 384 g/mol. The van der Waals surface area contributed by atoms with Crippen LogP contribution >= 0.6 is 23.1 Å². The van der Waals surface area contributed by atoms with Gasteiger partial charge in [-0.2, -0.15) is 5.26 Å². The van der Waals surface area contributed by atoms with Crippen LogP contribution in [0.5, 0.6) is 0 Å². The number of ether oxygens (including phenoxy) is 1. The molecule has 1 fully saturated rings. The zero-order valence-corrected chi connectivity index (χ0v) is 17.4. The Balaban J connectivity index is 1.77. The average Bonchev–Trinajstić information content (AvgIpc) is 3.29. The number of hydrogen-bond acceptors (Lipinski definition) is 5. The number of nitriles is 1. The minimum absolute atomic E-state index is 0.394. The molecule has 3 aromatic rings. The van der Waals surface area contributed by atoms with Gasteiger partial charge in [-0.25, -0.2) is 4.98 Å². The van der Waals surface area contributed by atoms with Gasteiger partial charge < -0.3 is 4.74 Å². The molecule has 1 aliphatic rings. The van der Waals surface area contributed by atoms with Gasteiger partial charge in [0, 0.05) is 24.0 Å². The fourth-order valence-electron chi connectivity index (χ4n) is 3.57. The Bertz CT molecular complexity index is 958. The van der Waals surface area contributed by atoms with Crippen LogP contribution in [0.4, 0.5) is 0 Å². The molecule has 2 aromatic heterocycles. The fraction of sp³-hybridized carbons (Fsp3) is 0.304. The van der Waals surface area contributed by atoms with E-state index < -0.39 is 0 Å². The molecule has 3 heterocycles. The largest absolute Gasteiger partial charge is 0.381 e. The van der Waals surface area contributed by atoms with E-state index in [-0.39, 0.29) is 0 Å². The predicted octanol–water partition coefficient (Wildman–Crippen LogP) is 6.26. The highest BCUT2D eigenvalue weighted by Crippen LogP contribution is 2.39. The highest BCUT2D eigenvalue weighted by molar-refractivity contribution is 7.99. The molecule has 5 heteroatoms. The van der Waals surface area contributed by atoms with Gasteiger partial charge in [-0.05, 0) is 41.8 Å². The van der Waals surface area contributed by atoms with E-state index >= 15 is 0 Å². The molecule has 3 nitrogen and oxygen atoms in total. The molecule has 1 aliphatic heterocycles. The number of thioether (sulfide) groups is 1. The number of aromatic nitrogens is 1. The second-order valence-electron chi connectivity index (χ2n) is 6.96. The molecule has 0 amide bonds. The van der Waals surface area contributed by atoms with E-state index in [0.717, 1.165) is 52.8 Å². The summed E-state index contributed by atoms with van der Waals surface area (Å²) in [4.78, 5) is 6.05. The minimum Gasteiger partial charge on any atom is -0.381 e. The summed E-state index contributed by atoms with van der Waals surface area (Å²) in [5, 5.41) is 13.3. The molecular formula is C23H22N2OS2. The summed E-state index contributed by atoms with van der Waals surface area (Å²) in [6.07, 6.45) is 2.15. The monoisotopic (exact) mass is 406 g/mol. The van der Waals surface area contributed by atoms with Crippen molar-refractivity contribution in [1.82, 2.24) is 4.98 Å². The molecule has 0 N–H and O–H groups in total. The number of pyridine rings is 1. The Kier molecular flexibility index (Phi) is 6.11. The van der Waals surface area contributed by atoms with E-state index in [2.05, 4.69) is 42.6 Å². The summed E-state index contributed by atoms with van der Waals surface area (Å²) in [6, 6.07) is 18.8. The maximum atomic E-state index is 9.98. The van der Waals surface area contributed by atoms with Crippen LogP contribution in [0.2, 0.25) is 0 Å². The van der Waals surface area contributed by atoms with Crippen molar-refractivity contribution >= 4 is 23.1 Å². The lowest BCUT2D eigenvalue weighted by atomic mass is 9.97. The lowest BCUT2D eigenvalue weighted by Crippen LogP contribution is -2.23. The van der Waals surface area contributed by atoms with Gasteiger partial charge in [-0.15, -0.1) is 23.1 Å². The number of benzene rings is 1. The molecule has 0 radical (unpaired) electrons. The second kappa shape index (κ2) is 8.91. The number of rotatable bonds is 5. The van der Waals surface area contributed by atoms with Gasteiger partial charge in [0.15, 0.2) is 0 Å². The normalized spacial score (nSPS) is 15.9. The Hall–Kier alpha value is -2.13. The van der Waals surface area contributed by atoms with Crippen LogP contribution in [0.25, 0.3) is 21.7 Å². The van der Waals surface area contributed by atoms with E-state index in [1.54, 1.807) is 23.1 Å². The molecule has 4 rings (SSSR count). The van der Waals surface area contributed by atoms with Gasteiger partial charge in [-0.3, -0.25) is 0 Å². The van der Waals surface area contributed by atoms with Crippen molar-refractivity contribution in [1.29, 1.82) is 5.26 Å². The molecule has 0 aliphatic carbocycles. The van der Waals surface area contributed by atoms with Gasteiger partial charge in [0.05, 0.1) is 16.1 Å². The van der Waals surface area contributed by atoms with Crippen LogP contribution in [0.15, 0.2) is 58.9 Å². The third-order valence-corrected chi connectivity index (χ3v) is 7.35. The molecule has 1 atom stereocenters. The topological polar surface area (TPSA) is 45.9 Å². The fourth-order valence-corrected chi connectivity index (χ4v) is 5.50. The summed E-state index contributed by atoms with van der Waals surface area (Å²) in [6.45, 7) is 3.92. The highest BCUT2D eigenvalue weighted by atomic mass is 32.2. The summed E-state index contributed by atoms with van der Waals surface area (Å²) in [5.41, 5.74) is 3.63. The van der Waals surface area contributed by atoms with Crippen molar-refractivity contribution < 1.29 is 4.74 Å². The van der Waals surface area contributed by atoms with Gasteiger partial charge >= 0.3 is 0 Å². The first kappa shape index (κ1) is 19.2. The first-order valence-corrected chi connectivity index (χ1v) is 11.3. The smallest absolute Gasteiger partial charge is 0.115 e. The third kappa shape index (κ3) is 4.15. The molecule has 0 saturated carbocycles. The third-order valence-electron chi connectivity index (χ3n) is 5.18. The van der Waals surface area contributed by atoms with E-state index in [4.69, 9.17) is 9.72 Å². The van der Waals surface area contributed by atoms with Crippen molar-refractivity contribution in [2.45, 2.75) is 30.0 Å². The number of nitrogens with zero attached hydrogens (tertiary/aromatic N) is 2. The van der Waals surface area contributed by atoms with Crippen LogP contribution in [-0.2, 0) is 4.74 Å².